The average Bonchev–Trinajstić information content (AvgIpc) is 3.04. The molecule has 1 heterocycles. The van der Waals surface area contributed by atoms with Gasteiger partial charge in [0, 0.05) is 11.3 Å². The minimum atomic E-state index is -0.295. The van der Waals surface area contributed by atoms with Crippen LogP contribution < -0.4 is 25.1 Å². The minimum Gasteiger partial charge on any atom is -0.496 e. The van der Waals surface area contributed by atoms with Gasteiger partial charge in [-0.15, -0.1) is 0 Å². The van der Waals surface area contributed by atoms with E-state index in [2.05, 4.69) is 24.3 Å². The Hall–Kier alpha value is -5.44. The first kappa shape index (κ1) is 31.0. The molecule has 230 valence electrons. The van der Waals surface area contributed by atoms with Crippen LogP contribution in [0.5, 0.6) is 17.2 Å². The molecule has 0 bridgehead atoms. The van der Waals surface area contributed by atoms with Crippen molar-refractivity contribution >= 4 is 28.7 Å². The van der Waals surface area contributed by atoms with E-state index in [1.807, 2.05) is 62.4 Å². The Morgan fingerprint density at radius 1 is 0.933 bits per heavy atom. The van der Waals surface area contributed by atoms with Gasteiger partial charge in [0.1, 0.15) is 5.75 Å². The molecule has 1 amide bonds. The maximum absolute atomic E-state index is 13.8. The number of hydrogen-bond donors (Lipinski definition) is 1. The number of carbonyl (C=O) groups excluding carboxylic acids is 1. The lowest BCUT2D eigenvalue weighted by atomic mass is 9.96. The van der Waals surface area contributed by atoms with Crippen molar-refractivity contribution in [3.05, 3.63) is 111 Å². The fourth-order valence-corrected chi connectivity index (χ4v) is 4.96. The molecule has 0 aliphatic carbocycles. The number of aromatic nitrogens is 2. The highest BCUT2D eigenvalue weighted by Crippen LogP contribution is 2.34. The minimum absolute atomic E-state index is 0.185. The predicted octanol–water partition coefficient (Wildman–Crippen LogP) is 6.72. The van der Waals surface area contributed by atoms with Crippen molar-refractivity contribution in [3.63, 3.8) is 0 Å². The summed E-state index contributed by atoms with van der Waals surface area (Å²) in [5.74, 6) is 1.91. The van der Waals surface area contributed by atoms with Gasteiger partial charge in [-0.3, -0.25) is 9.59 Å². The van der Waals surface area contributed by atoms with E-state index in [9.17, 15) is 9.59 Å². The molecule has 45 heavy (non-hydrogen) atoms. The van der Waals surface area contributed by atoms with E-state index in [1.54, 1.807) is 43.7 Å². The molecule has 0 aliphatic rings. The monoisotopic (exact) mass is 604 g/mol. The summed E-state index contributed by atoms with van der Waals surface area (Å²) in [6.07, 6.45) is 1.57. The summed E-state index contributed by atoms with van der Waals surface area (Å²) in [6, 6.07) is 23.9. The molecule has 9 heteroatoms. The van der Waals surface area contributed by atoms with Crippen molar-refractivity contribution in [1.29, 1.82) is 0 Å². The second kappa shape index (κ2) is 13.5. The van der Waals surface area contributed by atoms with Gasteiger partial charge in [0.15, 0.2) is 23.9 Å². The number of ether oxygens (including phenoxy) is 3. The Labute approximate surface area is 262 Å². The van der Waals surface area contributed by atoms with Gasteiger partial charge in [-0.2, -0.15) is 9.78 Å². The lowest BCUT2D eigenvalue weighted by molar-refractivity contribution is -0.118. The van der Waals surface area contributed by atoms with Crippen LogP contribution >= 0.6 is 0 Å². The molecular weight excluding hydrogens is 568 g/mol. The highest BCUT2D eigenvalue weighted by molar-refractivity contribution is 5.92. The Kier molecular flexibility index (Phi) is 9.28. The Bertz CT molecular complexity index is 1940. The predicted molar refractivity (Wildman–Crippen MR) is 178 cm³/mol. The normalized spacial score (nSPS) is 11.3. The zero-order valence-corrected chi connectivity index (χ0v) is 26.3. The number of anilines is 1. The van der Waals surface area contributed by atoms with E-state index in [1.165, 1.54) is 11.8 Å². The molecule has 0 saturated carbocycles. The van der Waals surface area contributed by atoms with E-state index in [4.69, 9.17) is 19.2 Å². The Morgan fingerprint density at radius 2 is 1.67 bits per heavy atom. The summed E-state index contributed by atoms with van der Waals surface area (Å²) >= 11 is 0. The van der Waals surface area contributed by atoms with Crippen LogP contribution in [-0.2, 0) is 4.79 Å². The molecule has 0 atom stereocenters. The number of rotatable bonds is 10. The number of nitrogens with one attached hydrogen (secondary N) is 1. The standard InChI is InChI=1S/C36H36N4O5/c1-22(2)28-19-29(24(4)17-32(28)43-5)35-39-30-10-8-7-9-27(30)36(42)40(35)37-20-25-13-16-31(33(18-25)44-6)45-21-34(41)38-26-14-11-23(3)12-15-26/h7-20,22H,21H2,1-6H3,(H,38,41). The zero-order valence-electron chi connectivity index (χ0n) is 26.3. The van der Waals surface area contributed by atoms with Crippen LogP contribution in [-0.4, -0.2) is 42.6 Å². The third-order valence-corrected chi connectivity index (χ3v) is 7.40. The molecule has 0 fully saturated rings. The summed E-state index contributed by atoms with van der Waals surface area (Å²) in [7, 11) is 3.17. The van der Waals surface area contributed by atoms with Crippen molar-refractivity contribution in [3.8, 4) is 28.6 Å². The second-order valence-corrected chi connectivity index (χ2v) is 11.0. The van der Waals surface area contributed by atoms with Gasteiger partial charge in [0.2, 0.25) is 0 Å². The van der Waals surface area contributed by atoms with Gasteiger partial charge in [0.25, 0.3) is 11.5 Å². The second-order valence-electron chi connectivity index (χ2n) is 11.0. The lowest BCUT2D eigenvalue weighted by Gasteiger charge is -2.17. The van der Waals surface area contributed by atoms with Crippen molar-refractivity contribution in [2.75, 3.05) is 26.1 Å². The number of methoxy groups -OCH3 is 2. The highest BCUT2D eigenvalue weighted by atomic mass is 16.5. The number of para-hydroxylation sites is 1. The van der Waals surface area contributed by atoms with Crippen molar-refractivity contribution in [2.45, 2.75) is 33.6 Å². The largest absolute Gasteiger partial charge is 0.496 e. The third-order valence-electron chi connectivity index (χ3n) is 7.40. The number of benzene rings is 4. The molecule has 5 rings (SSSR count). The molecule has 1 aromatic heterocycles. The SMILES string of the molecule is COc1cc(C=Nn2c(-c3cc(C(C)C)c(OC)cc3C)nc3ccccc3c2=O)ccc1OCC(=O)Nc1ccc(C)cc1. The van der Waals surface area contributed by atoms with Crippen LogP contribution in [0.25, 0.3) is 22.3 Å². The molecule has 0 spiro atoms. The number of nitrogens with zero attached hydrogens (tertiary/aromatic N) is 3. The molecule has 0 aliphatic heterocycles. The van der Waals surface area contributed by atoms with E-state index < -0.39 is 0 Å². The molecule has 0 radical (unpaired) electrons. The van der Waals surface area contributed by atoms with Gasteiger partial charge < -0.3 is 19.5 Å². The van der Waals surface area contributed by atoms with Gasteiger partial charge in [-0.05, 0) is 91.1 Å². The van der Waals surface area contributed by atoms with Crippen molar-refractivity contribution < 1.29 is 19.0 Å². The van der Waals surface area contributed by atoms with Crippen molar-refractivity contribution in [2.24, 2.45) is 5.10 Å². The van der Waals surface area contributed by atoms with Crippen LogP contribution in [0.3, 0.4) is 0 Å². The number of carbonyl (C=O) groups is 1. The molecule has 9 nitrogen and oxygen atoms in total. The molecule has 1 N–H and O–H groups in total. The quantitative estimate of drug-likeness (QED) is 0.178. The zero-order chi connectivity index (χ0) is 32.1. The van der Waals surface area contributed by atoms with Gasteiger partial charge in [-0.1, -0.05) is 43.7 Å². The average molecular weight is 605 g/mol. The van der Waals surface area contributed by atoms with Gasteiger partial charge >= 0.3 is 0 Å². The maximum Gasteiger partial charge on any atom is 0.282 e. The van der Waals surface area contributed by atoms with Gasteiger partial charge in [0.05, 0.1) is 31.3 Å². The first-order chi connectivity index (χ1) is 21.7. The molecular formula is C36H36N4O5. The third kappa shape index (κ3) is 6.88. The molecule has 5 aromatic rings. The van der Waals surface area contributed by atoms with E-state index in [0.717, 1.165) is 28.0 Å². The maximum atomic E-state index is 13.8. The first-order valence-electron chi connectivity index (χ1n) is 14.6. The van der Waals surface area contributed by atoms with Crippen LogP contribution in [0.4, 0.5) is 5.69 Å². The van der Waals surface area contributed by atoms with Crippen molar-refractivity contribution in [1.82, 2.24) is 9.66 Å². The van der Waals surface area contributed by atoms with Crippen LogP contribution in [0.2, 0.25) is 0 Å². The lowest BCUT2D eigenvalue weighted by Crippen LogP contribution is -2.21. The smallest absolute Gasteiger partial charge is 0.282 e. The van der Waals surface area contributed by atoms with Crippen LogP contribution in [0.1, 0.15) is 42.0 Å². The van der Waals surface area contributed by atoms with E-state index in [0.29, 0.717) is 39.5 Å². The summed E-state index contributed by atoms with van der Waals surface area (Å²) in [5.41, 5.74) is 5.43. The van der Waals surface area contributed by atoms with Crippen LogP contribution in [0, 0.1) is 13.8 Å². The fourth-order valence-electron chi connectivity index (χ4n) is 4.96. The number of fused-ring (bicyclic) bond motifs is 1. The fraction of sp³-hybridized carbons (Fsp3) is 0.222. The molecule has 4 aromatic carbocycles. The summed E-state index contributed by atoms with van der Waals surface area (Å²) in [5, 5.41) is 7.89. The summed E-state index contributed by atoms with van der Waals surface area (Å²) < 4.78 is 18.3. The topological polar surface area (TPSA) is 104 Å². The van der Waals surface area contributed by atoms with Gasteiger partial charge in [-0.25, -0.2) is 4.98 Å². The number of hydrogen-bond acceptors (Lipinski definition) is 7. The summed E-state index contributed by atoms with van der Waals surface area (Å²) in [6.45, 7) is 7.93. The Balaban J connectivity index is 1.47. The first-order valence-corrected chi connectivity index (χ1v) is 14.6. The Morgan fingerprint density at radius 3 is 2.38 bits per heavy atom. The number of aryl methyl sites for hydroxylation is 2. The highest BCUT2D eigenvalue weighted by Gasteiger charge is 2.18. The van der Waals surface area contributed by atoms with Crippen LogP contribution in [0.15, 0.2) is 88.8 Å². The van der Waals surface area contributed by atoms with E-state index >= 15 is 0 Å². The van der Waals surface area contributed by atoms with E-state index in [-0.39, 0.29) is 24.0 Å². The summed E-state index contributed by atoms with van der Waals surface area (Å²) in [4.78, 5) is 31.1. The molecule has 0 unspecified atom stereocenters. The number of amides is 1. The molecule has 0 saturated heterocycles.